The van der Waals surface area contributed by atoms with Gasteiger partial charge in [0, 0.05) is 41.9 Å². The van der Waals surface area contributed by atoms with Crippen molar-refractivity contribution < 1.29 is 13.9 Å². The van der Waals surface area contributed by atoms with Crippen molar-refractivity contribution >= 4 is 27.5 Å². The van der Waals surface area contributed by atoms with Gasteiger partial charge in [-0.15, -0.1) is 0 Å². The maximum Gasteiger partial charge on any atom is 0.257 e. The predicted octanol–water partition coefficient (Wildman–Crippen LogP) is 3.88. The van der Waals surface area contributed by atoms with Crippen LogP contribution in [0.5, 0.6) is 0 Å². The fourth-order valence-corrected chi connectivity index (χ4v) is 4.16. The molecular weight excluding hydrogens is 425 g/mol. The molecular formula is C21H23BrFN3O2. The van der Waals surface area contributed by atoms with Crippen molar-refractivity contribution in [2.75, 3.05) is 44.7 Å². The van der Waals surface area contributed by atoms with E-state index in [4.69, 9.17) is 4.74 Å². The van der Waals surface area contributed by atoms with Crippen LogP contribution in [0.4, 0.5) is 10.1 Å². The van der Waals surface area contributed by atoms with Gasteiger partial charge in [-0.3, -0.25) is 9.69 Å². The number of carbonyl (C=O) groups excluding carboxylic acids is 1. The summed E-state index contributed by atoms with van der Waals surface area (Å²) in [5.74, 6) is -0.397. The number of amides is 1. The zero-order valence-electron chi connectivity index (χ0n) is 15.5. The van der Waals surface area contributed by atoms with Crippen LogP contribution in [-0.4, -0.2) is 55.1 Å². The number of hydrogen-bond donors (Lipinski definition) is 1. The first kappa shape index (κ1) is 19.4. The maximum absolute atomic E-state index is 14.6. The van der Waals surface area contributed by atoms with Crippen LogP contribution in [0.15, 0.2) is 46.9 Å². The zero-order valence-corrected chi connectivity index (χ0v) is 17.1. The highest BCUT2D eigenvalue weighted by Gasteiger charge is 2.34. The number of fused-ring (bicyclic) bond motifs is 1. The Morgan fingerprint density at radius 1 is 1.14 bits per heavy atom. The molecule has 2 aromatic rings. The molecule has 1 N–H and O–H groups in total. The first-order valence-electron chi connectivity index (χ1n) is 9.55. The van der Waals surface area contributed by atoms with Gasteiger partial charge in [0.1, 0.15) is 12.0 Å². The Hall–Kier alpha value is -1.96. The van der Waals surface area contributed by atoms with Gasteiger partial charge in [-0.1, -0.05) is 28.1 Å². The number of para-hydroxylation sites is 1. The summed E-state index contributed by atoms with van der Waals surface area (Å²) in [6.45, 7) is 4.78. The molecule has 2 aliphatic heterocycles. The molecule has 1 amide bonds. The fraction of sp³-hybridized carbons (Fsp3) is 0.381. The average Bonchev–Trinajstić information content (AvgIpc) is 2.72. The van der Waals surface area contributed by atoms with E-state index in [-0.39, 0.29) is 11.7 Å². The number of rotatable bonds is 5. The van der Waals surface area contributed by atoms with E-state index >= 15 is 0 Å². The minimum absolute atomic E-state index is 0.0688. The quantitative estimate of drug-likeness (QED) is 0.755. The van der Waals surface area contributed by atoms with Crippen LogP contribution < -0.4 is 5.32 Å². The smallest absolute Gasteiger partial charge is 0.257 e. The maximum atomic E-state index is 14.6. The summed E-state index contributed by atoms with van der Waals surface area (Å²) in [6, 6.07) is 12.2. The van der Waals surface area contributed by atoms with Crippen molar-refractivity contribution in [3.63, 3.8) is 0 Å². The van der Waals surface area contributed by atoms with Gasteiger partial charge in [0.15, 0.2) is 0 Å². The molecule has 5 nitrogen and oxygen atoms in total. The number of benzene rings is 2. The van der Waals surface area contributed by atoms with Crippen molar-refractivity contribution in [1.29, 1.82) is 0 Å². The molecule has 2 aromatic carbocycles. The summed E-state index contributed by atoms with van der Waals surface area (Å²) in [4.78, 5) is 17.3. The van der Waals surface area contributed by atoms with E-state index < -0.39 is 6.17 Å². The molecule has 0 radical (unpaired) electrons. The lowest BCUT2D eigenvalue weighted by Crippen LogP contribution is -2.45. The van der Waals surface area contributed by atoms with Gasteiger partial charge in [-0.25, -0.2) is 4.39 Å². The lowest BCUT2D eigenvalue weighted by atomic mass is 10.0. The fourth-order valence-electron chi connectivity index (χ4n) is 3.78. The van der Waals surface area contributed by atoms with Crippen LogP contribution in [0.1, 0.15) is 28.5 Å². The summed E-state index contributed by atoms with van der Waals surface area (Å²) >= 11 is 3.42. The molecule has 0 unspecified atom stereocenters. The van der Waals surface area contributed by atoms with E-state index in [2.05, 4.69) is 26.1 Å². The number of nitrogens with one attached hydrogen (secondary N) is 1. The number of hydrogen-bond acceptors (Lipinski definition) is 4. The first-order valence-corrected chi connectivity index (χ1v) is 10.3. The SMILES string of the molecule is O=C1c2ccccc2N[C@H](c2cc(Br)ccc2F)N1CCCN1CCOCC1. The number of ether oxygens (including phenoxy) is 1. The van der Waals surface area contributed by atoms with Crippen molar-refractivity contribution in [3.8, 4) is 0 Å². The van der Waals surface area contributed by atoms with Crippen LogP contribution >= 0.6 is 15.9 Å². The van der Waals surface area contributed by atoms with Gasteiger partial charge < -0.3 is 15.0 Å². The van der Waals surface area contributed by atoms with Gasteiger partial charge in [0.2, 0.25) is 0 Å². The summed E-state index contributed by atoms with van der Waals surface area (Å²) < 4.78 is 20.8. The van der Waals surface area contributed by atoms with E-state index in [9.17, 15) is 9.18 Å². The first-order chi connectivity index (χ1) is 13.6. The molecule has 0 saturated carbocycles. The number of carbonyl (C=O) groups is 1. The molecule has 0 aromatic heterocycles. The van der Waals surface area contributed by atoms with Crippen molar-refractivity contribution in [2.24, 2.45) is 0 Å². The van der Waals surface area contributed by atoms with Gasteiger partial charge in [-0.2, -0.15) is 0 Å². The Labute approximate surface area is 172 Å². The Balaban J connectivity index is 1.58. The predicted molar refractivity (Wildman–Crippen MR) is 110 cm³/mol. The third kappa shape index (κ3) is 4.06. The van der Waals surface area contributed by atoms with Crippen LogP contribution in [0.2, 0.25) is 0 Å². The Kier molecular flexibility index (Phi) is 5.94. The van der Waals surface area contributed by atoms with E-state index in [0.717, 1.165) is 49.4 Å². The number of morpholine rings is 1. The van der Waals surface area contributed by atoms with Crippen molar-refractivity contribution in [1.82, 2.24) is 9.80 Å². The molecule has 0 aliphatic carbocycles. The largest absolute Gasteiger partial charge is 0.379 e. The monoisotopic (exact) mass is 447 g/mol. The number of anilines is 1. The Morgan fingerprint density at radius 3 is 2.75 bits per heavy atom. The van der Waals surface area contributed by atoms with E-state index in [1.807, 2.05) is 24.3 Å². The summed E-state index contributed by atoms with van der Waals surface area (Å²) in [5, 5.41) is 3.36. The molecule has 7 heteroatoms. The van der Waals surface area contributed by atoms with Crippen LogP contribution in [0.25, 0.3) is 0 Å². The summed E-state index contributed by atoms with van der Waals surface area (Å²) in [5.41, 5.74) is 1.82. The standard InChI is InChI=1S/C21H23BrFN3O2/c22-15-6-7-18(23)17(14-15)20-24-19-5-2-1-4-16(19)21(27)26(20)9-3-8-25-10-12-28-13-11-25/h1-2,4-7,14,20,24H,3,8-13H2/t20-/m0/s1. The number of halogens is 2. The molecule has 1 fully saturated rings. The molecule has 2 heterocycles. The second-order valence-electron chi connectivity index (χ2n) is 7.06. The molecule has 2 aliphatic rings. The summed E-state index contributed by atoms with van der Waals surface area (Å²) in [7, 11) is 0. The second kappa shape index (κ2) is 8.59. The van der Waals surface area contributed by atoms with Crippen molar-refractivity contribution in [2.45, 2.75) is 12.6 Å². The highest BCUT2D eigenvalue weighted by atomic mass is 79.9. The van der Waals surface area contributed by atoms with Gasteiger partial charge in [0.25, 0.3) is 5.91 Å². The normalized spacial score (nSPS) is 20.0. The molecule has 1 saturated heterocycles. The average molecular weight is 448 g/mol. The Morgan fingerprint density at radius 2 is 1.93 bits per heavy atom. The third-order valence-corrected chi connectivity index (χ3v) is 5.75. The number of nitrogens with zero attached hydrogens (tertiary/aromatic N) is 2. The minimum atomic E-state index is -0.537. The zero-order chi connectivity index (χ0) is 19.5. The van der Waals surface area contributed by atoms with Crippen LogP contribution in [0, 0.1) is 5.82 Å². The van der Waals surface area contributed by atoms with E-state index in [1.165, 1.54) is 6.07 Å². The third-order valence-electron chi connectivity index (χ3n) is 5.25. The van der Waals surface area contributed by atoms with Crippen molar-refractivity contribution in [3.05, 3.63) is 63.9 Å². The van der Waals surface area contributed by atoms with Gasteiger partial charge >= 0.3 is 0 Å². The summed E-state index contributed by atoms with van der Waals surface area (Å²) in [6.07, 6.45) is 0.284. The Bertz CT molecular complexity index is 857. The minimum Gasteiger partial charge on any atom is -0.379 e. The van der Waals surface area contributed by atoms with Crippen LogP contribution in [-0.2, 0) is 4.74 Å². The molecule has 0 bridgehead atoms. The lowest BCUT2D eigenvalue weighted by molar-refractivity contribution is 0.0348. The van der Waals surface area contributed by atoms with E-state index in [1.54, 1.807) is 17.0 Å². The molecule has 148 valence electrons. The molecule has 4 rings (SSSR count). The van der Waals surface area contributed by atoms with Crippen LogP contribution in [0.3, 0.4) is 0 Å². The second-order valence-corrected chi connectivity index (χ2v) is 7.98. The topological polar surface area (TPSA) is 44.8 Å². The molecule has 1 atom stereocenters. The molecule has 28 heavy (non-hydrogen) atoms. The highest BCUT2D eigenvalue weighted by Crippen LogP contribution is 2.35. The molecule has 0 spiro atoms. The highest BCUT2D eigenvalue weighted by molar-refractivity contribution is 9.10. The lowest BCUT2D eigenvalue weighted by Gasteiger charge is -2.39. The van der Waals surface area contributed by atoms with Gasteiger partial charge in [0.05, 0.1) is 18.8 Å². The van der Waals surface area contributed by atoms with E-state index in [0.29, 0.717) is 17.7 Å². The van der Waals surface area contributed by atoms with Gasteiger partial charge in [-0.05, 0) is 36.8 Å².